The maximum Gasteiger partial charge on any atom is 0.126 e. The molecule has 5 heteroatoms. The van der Waals surface area contributed by atoms with Crippen molar-refractivity contribution in [1.82, 2.24) is 0 Å². The molecule has 0 aliphatic heterocycles. The van der Waals surface area contributed by atoms with E-state index >= 15 is 0 Å². The summed E-state index contributed by atoms with van der Waals surface area (Å²) in [5.41, 5.74) is 7.01. The second-order valence-electron chi connectivity index (χ2n) is 4.96. The smallest absolute Gasteiger partial charge is 0.126 e. The lowest BCUT2D eigenvalue weighted by Crippen LogP contribution is -2.18. The Morgan fingerprint density at radius 1 is 1.19 bits per heavy atom. The van der Waals surface area contributed by atoms with Crippen molar-refractivity contribution >= 4 is 11.6 Å². The van der Waals surface area contributed by atoms with Crippen LogP contribution in [0.2, 0.25) is 5.02 Å². The van der Waals surface area contributed by atoms with Crippen LogP contribution < -0.4 is 10.5 Å². The lowest BCUT2D eigenvalue weighted by molar-refractivity contribution is 0.301. The van der Waals surface area contributed by atoms with Crippen LogP contribution >= 0.6 is 11.6 Å². The minimum absolute atomic E-state index is 0.0565. The Morgan fingerprint density at radius 3 is 2.48 bits per heavy atom. The van der Waals surface area contributed by atoms with Crippen molar-refractivity contribution in [2.45, 2.75) is 26.0 Å². The molecule has 2 nitrogen and oxygen atoms in total. The molecule has 0 bridgehead atoms. The number of hydrogen-bond donors (Lipinski definition) is 1. The fourth-order valence-electron chi connectivity index (χ4n) is 2.05. The highest BCUT2D eigenvalue weighted by molar-refractivity contribution is 6.31. The van der Waals surface area contributed by atoms with Gasteiger partial charge in [0.1, 0.15) is 24.0 Å². The molecule has 112 valence electrons. The molecule has 0 aromatic heterocycles. The molecular formula is C16H16ClF2NO. The van der Waals surface area contributed by atoms with Crippen LogP contribution in [-0.2, 0) is 13.0 Å². The van der Waals surface area contributed by atoms with E-state index in [1.165, 1.54) is 12.1 Å². The van der Waals surface area contributed by atoms with Gasteiger partial charge in [-0.15, -0.1) is 0 Å². The molecular weight excluding hydrogens is 296 g/mol. The maximum atomic E-state index is 13.1. The van der Waals surface area contributed by atoms with E-state index in [1.54, 1.807) is 18.2 Å². The second kappa shape index (κ2) is 6.87. The summed E-state index contributed by atoms with van der Waals surface area (Å²) in [5.74, 6) is -0.685. The first-order valence-electron chi connectivity index (χ1n) is 6.56. The Bertz CT molecular complexity index is 611. The van der Waals surface area contributed by atoms with Gasteiger partial charge in [-0.3, -0.25) is 0 Å². The number of ether oxygens (including phenoxy) is 1. The Labute approximate surface area is 127 Å². The quantitative estimate of drug-likeness (QED) is 0.902. The van der Waals surface area contributed by atoms with E-state index in [0.29, 0.717) is 22.8 Å². The fraction of sp³-hybridized carbons (Fsp3) is 0.250. The van der Waals surface area contributed by atoms with Gasteiger partial charge in [-0.1, -0.05) is 17.7 Å². The summed E-state index contributed by atoms with van der Waals surface area (Å²) in [6.07, 6.45) is 0.562. The molecule has 0 heterocycles. The van der Waals surface area contributed by atoms with Crippen LogP contribution in [0.1, 0.15) is 18.1 Å². The van der Waals surface area contributed by atoms with Crippen molar-refractivity contribution in [3.05, 3.63) is 64.2 Å². The average Bonchev–Trinajstić information content (AvgIpc) is 2.38. The van der Waals surface area contributed by atoms with E-state index in [4.69, 9.17) is 22.1 Å². The van der Waals surface area contributed by atoms with Crippen LogP contribution in [0.15, 0.2) is 36.4 Å². The molecule has 0 saturated heterocycles. The zero-order chi connectivity index (χ0) is 15.4. The van der Waals surface area contributed by atoms with Crippen LogP contribution in [0.25, 0.3) is 0 Å². The molecule has 0 spiro atoms. The summed E-state index contributed by atoms with van der Waals surface area (Å²) < 4.78 is 31.9. The summed E-state index contributed by atoms with van der Waals surface area (Å²) in [6.45, 7) is 1.93. The van der Waals surface area contributed by atoms with Gasteiger partial charge in [-0.25, -0.2) is 8.78 Å². The molecule has 0 saturated carbocycles. The van der Waals surface area contributed by atoms with Gasteiger partial charge in [0, 0.05) is 22.7 Å². The molecule has 1 atom stereocenters. The van der Waals surface area contributed by atoms with Crippen molar-refractivity contribution in [2.75, 3.05) is 0 Å². The number of halogens is 3. The monoisotopic (exact) mass is 311 g/mol. The zero-order valence-electron chi connectivity index (χ0n) is 11.6. The Morgan fingerprint density at radius 2 is 1.86 bits per heavy atom. The van der Waals surface area contributed by atoms with Gasteiger partial charge in [-0.2, -0.15) is 0 Å². The molecule has 0 amide bonds. The molecule has 2 aromatic rings. The van der Waals surface area contributed by atoms with Gasteiger partial charge in [-0.05, 0) is 43.2 Å². The average molecular weight is 312 g/mol. The maximum absolute atomic E-state index is 13.1. The predicted octanol–water partition coefficient (Wildman–Crippen LogP) is 4.09. The summed E-state index contributed by atoms with van der Waals surface area (Å²) in [7, 11) is 0. The van der Waals surface area contributed by atoms with Crippen molar-refractivity contribution in [2.24, 2.45) is 5.73 Å². The van der Waals surface area contributed by atoms with Crippen molar-refractivity contribution in [1.29, 1.82) is 0 Å². The lowest BCUT2D eigenvalue weighted by Gasteiger charge is -2.14. The van der Waals surface area contributed by atoms with Crippen LogP contribution in [-0.4, -0.2) is 6.04 Å². The third-order valence-corrected chi connectivity index (χ3v) is 3.27. The van der Waals surface area contributed by atoms with Gasteiger partial charge < -0.3 is 10.5 Å². The molecule has 21 heavy (non-hydrogen) atoms. The largest absolute Gasteiger partial charge is 0.489 e. The minimum Gasteiger partial charge on any atom is -0.489 e. The van der Waals surface area contributed by atoms with Crippen LogP contribution in [0, 0.1) is 11.6 Å². The fourth-order valence-corrected chi connectivity index (χ4v) is 2.29. The molecule has 2 N–H and O–H groups in total. The van der Waals surface area contributed by atoms with E-state index < -0.39 is 11.6 Å². The van der Waals surface area contributed by atoms with Gasteiger partial charge in [0.2, 0.25) is 0 Å². The SMILES string of the molecule is CC(N)Cc1c(Cl)cccc1OCc1cc(F)cc(F)c1. The van der Waals surface area contributed by atoms with Gasteiger partial charge in [0.05, 0.1) is 0 Å². The molecule has 0 aliphatic rings. The Balaban J connectivity index is 2.17. The van der Waals surface area contributed by atoms with Gasteiger partial charge >= 0.3 is 0 Å². The van der Waals surface area contributed by atoms with Gasteiger partial charge in [0.15, 0.2) is 0 Å². The summed E-state index contributed by atoms with van der Waals surface area (Å²) >= 11 is 6.15. The first-order chi connectivity index (χ1) is 9.95. The van der Waals surface area contributed by atoms with Crippen molar-refractivity contribution in [3.8, 4) is 5.75 Å². The standard InChI is InChI=1S/C16H16ClF2NO/c1-10(20)5-14-15(17)3-2-4-16(14)21-9-11-6-12(18)8-13(19)7-11/h2-4,6-8,10H,5,9,20H2,1H3. The van der Waals surface area contributed by atoms with E-state index in [0.717, 1.165) is 11.6 Å². The highest BCUT2D eigenvalue weighted by Gasteiger charge is 2.11. The van der Waals surface area contributed by atoms with E-state index in [9.17, 15) is 8.78 Å². The molecule has 0 radical (unpaired) electrons. The zero-order valence-corrected chi connectivity index (χ0v) is 12.3. The van der Waals surface area contributed by atoms with Crippen molar-refractivity contribution in [3.63, 3.8) is 0 Å². The highest BCUT2D eigenvalue weighted by Crippen LogP contribution is 2.28. The number of hydrogen-bond acceptors (Lipinski definition) is 2. The summed E-state index contributed by atoms with van der Waals surface area (Å²) in [5, 5.41) is 0.565. The number of nitrogens with two attached hydrogens (primary N) is 1. The van der Waals surface area contributed by atoms with Crippen LogP contribution in [0.5, 0.6) is 5.75 Å². The first kappa shape index (κ1) is 15.7. The predicted molar refractivity (Wildman–Crippen MR) is 79.5 cm³/mol. The van der Waals surface area contributed by atoms with E-state index in [1.807, 2.05) is 6.92 Å². The highest BCUT2D eigenvalue weighted by atomic mass is 35.5. The van der Waals surface area contributed by atoms with E-state index in [-0.39, 0.29) is 12.6 Å². The molecule has 0 fully saturated rings. The summed E-state index contributed by atoms with van der Waals surface area (Å²) in [4.78, 5) is 0. The van der Waals surface area contributed by atoms with Gasteiger partial charge in [0.25, 0.3) is 0 Å². The minimum atomic E-state index is -0.629. The molecule has 1 unspecified atom stereocenters. The topological polar surface area (TPSA) is 35.2 Å². The van der Waals surface area contributed by atoms with Crippen molar-refractivity contribution < 1.29 is 13.5 Å². The normalized spacial score (nSPS) is 12.2. The third kappa shape index (κ3) is 4.41. The number of rotatable bonds is 5. The molecule has 2 rings (SSSR count). The number of benzene rings is 2. The summed E-state index contributed by atoms with van der Waals surface area (Å²) in [6, 6.07) is 8.50. The van der Waals surface area contributed by atoms with Crippen LogP contribution in [0.3, 0.4) is 0 Å². The third-order valence-electron chi connectivity index (χ3n) is 2.92. The lowest BCUT2D eigenvalue weighted by atomic mass is 10.1. The Kier molecular flexibility index (Phi) is 5.15. The second-order valence-corrected chi connectivity index (χ2v) is 5.37. The Hall–Kier alpha value is -1.65. The first-order valence-corrected chi connectivity index (χ1v) is 6.94. The molecule has 2 aromatic carbocycles. The van der Waals surface area contributed by atoms with E-state index in [2.05, 4.69) is 0 Å². The molecule has 0 aliphatic carbocycles. The van der Waals surface area contributed by atoms with Crippen LogP contribution in [0.4, 0.5) is 8.78 Å².